The minimum absolute atomic E-state index is 0.117. The Kier molecular flexibility index (Phi) is 5.56. The Labute approximate surface area is 166 Å². The molecule has 2 heterocycles. The Bertz CT molecular complexity index is 1070. The molecule has 0 unspecified atom stereocenters. The van der Waals surface area contributed by atoms with Crippen molar-refractivity contribution >= 4 is 45.2 Å². The first kappa shape index (κ1) is 19.7. The molecule has 7 heteroatoms. The molecule has 0 spiro atoms. The summed E-state index contributed by atoms with van der Waals surface area (Å²) in [4.78, 5) is 43.8. The van der Waals surface area contributed by atoms with E-state index in [4.69, 9.17) is 4.74 Å². The fourth-order valence-corrected chi connectivity index (χ4v) is 3.97. The van der Waals surface area contributed by atoms with Gasteiger partial charge in [0, 0.05) is 17.3 Å². The number of nitrogens with zero attached hydrogens (tertiary/aromatic N) is 1. The number of Topliss-reactive ketones (excluding diaryl/α,β-unsaturated/α-hetero) is 2. The highest BCUT2D eigenvalue weighted by Gasteiger charge is 2.25. The molecule has 3 rings (SSSR count). The molecule has 0 amide bonds. The van der Waals surface area contributed by atoms with E-state index in [2.05, 4.69) is 9.97 Å². The Morgan fingerprint density at radius 1 is 1.21 bits per heavy atom. The minimum Gasteiger partial charge on any atom is -0.451 e. The number of hydrogen-bond acceptors (Lipinski definition) is 6. The van der Waals surface area contributed by atoms with Crippen molar-refractivity contribution in [1.82, 2.24) is 9.97 Å². The summed E-state index contributed by atoms with van der Waals surface area (Å²) in [6, 6.07) is 7.69. The van der Waals surface area contributed by atoms with E-state index in [1.165, 1.54) is 31.3 Å². The number of esters is 1. The molecule has 1 aromatic carbocycles. The number of thiazole rings is 1. The van der Waals surface area contributed by atoms with Crippen molar-refractivity contribution in [2.75, 3.05) is 0 Å². The molecule has 0 radical (unpaired) electrons. The summed E-state index contributed by atoms with van der Waals surface area (Å²) in [5.74, 6) is -1.13. The quantitative estimate of drug-likeness (QED) is 0.382. The standard InChI is InChI=1S/C21H20N2O4S/c1-11-19(13(3)24)12(2)22-20(11)21(26)14(4)27-18(25)10-9-17-23-15-7-5-6-8-16(15)28-17/h5-10,14,22H,1-4H3/b10-9+/t14-/m0/s1. The van der Waals surface area contributed by atoms with Gasteiger partial charge in [-0.3, -0.25) is 9.59 Å². The highest BCUT2D eigenvalue weighted by molar-refractivity contribution is 7.19. The van der Waals surface area contributed by atoms with Gasteiger partial charge < -0.3 is 9.72 Å². The van der Waals surface area contributed by atoms with Gasteiger partial charge >= 0.3 is 5.97 Å². The van der Waals surface area contributed by atoms with Crippen LogP contribution in [-0.2, 0) is 9.53 Å². The highest BCUT2D eigenvalue weighted by atomic mass is 32.1. The maximum absolute atomic E-state index is 12.6. The summed E-state index contributed by atoms with van der Waals surface area (Å²) in [6.45, 7) is 6.40. The van der Waals surface area contributed by atoms with Crippen LogP contribution in [0.4, 0.5) is 0 Å². The summed E-state index contributed by atoms with van der Waals surface area (Å²) in [5, 5.41) is 0.680. The molecule has 0 fully saturated rings. The van der Waals surface area contributed by atoms with Crippen molar-refractivity contribution in [3.8, 4) is 0 Å². The summed E-state index contributed by atoms with van der Waals surface area (Å²) in [5.41, 5.74) is 2.85. The molecule has 2 aromatic heterocycles. The summed E-state index contributed by atoms with van der Waals surface area (Å²) < 4.78 is 6.25. The van der Waals surface area contributed by atoms with Crippen molar-refractivity contribution in [2.24, 2.45) is 0 Å². The van der Waals surface area contributed by atoms with Gasteiger partial charge in [0.05, 0.1) is 15.9 Å². The summed E-state index contributed by atoms with van der Waals surface area (Å²) in [7, 11) is 0. The number of ketones is 2. The predicted octanol–water partition coefficient (Wildman–Crippen LogP) is 4.27. The average Bonchev–Trinajstić information content (AvgIpc) is 3.19. The van der Waals surface area contributed by atoms with Gasteiger partial charge in [-0.15, -0.1) is 11.3 Å². The van der Waals surface area contributed by atoms with E-state index in [0.717, 1.165) is 10.2 Å². The average molecular weight is 396 g/mol. The van der Waals surface area contributed by atoms with Crippen LogP contribution in [0.25, 0.3) is 16.3 Å². The zero-order chi connectivity index (χ0) is 20.4. The van der Waals surface area contributed by atoms with Crippen LogP contribution in [0.3, 0.4) is 0 Å². The molecular formula is C21H20N2O4S. The molecule has 6 nitrogen and oxygen atoms in total. The zero-order valence-corrected chi connectivity index (χ0v) is 16.8. The van der Waals surface area contributed by atoms with Gasteiger partial charge in [-0.25, -0.2) is 9.78 Å². The largest absolute Gasteiger partial charge is 0.451 e. The third kappa shape index (κ3) is 3.94. The Hall–Kier alpha value is -3.06. The van der Waals surface area contributed by atoms with Crippen LogP contribution >= 0.6 is 11.3 Å². The van der Waals surface area contributed by atoms with Gasteiger partial charge in [-0.05, 0) is 51.5 Å². The number of aromatic nitrogens is 2. The number of nitrogens with one attached hydrogen (secondary N) is 1. The fraction of sp³-hybridized carbons (Fsp3) is 0.238. The first-order valence-corrected chi connectivity index (χ1v) is 9.58. The molecule has 0 saturated carbocycles. The minimum atomic E-state index is -0.982. The number of rotatable bonds is 6. The molecule has 0 saturated heterocycles. The predicted molar refractivity (Wildman–Crippen MR) is 109 cm³/mol. The third-order valence-corrected chi connectivity index (χ3v) is 5.37. The second-order valence-corrected chi connectivity index (χ2v) is 7.54. The Morgan fingerprint density at radius 2 is 1.93 bits per heavy atom. The lowest BCUT2D eigenvalue weighted by molar-refractivity contribution is -0.140. The number of carbonyl (C=O) groups excluding carboxylic acids is 3. The van der Waals surface area contributed by atoms with Crippen molar-refractivity contribution in [2.45, 2.75) is 33.8 Å². The second kappa shape index (κ2) is 7.90. The molecule has 0 aliphatic heterocycles. The molecular weight excluding hydrogens is 376 g/mol. The lowest BCUT2D eigenvalue weighted by atomic mass is 10.0. The van der Waals surface area contributed by atoms with Crippen molar-refractivity contribution < 1.29 is 19.1 Å². The van der Waals surface area contributed by atoms with E-state index < -0.39 is 12.1 Å². The lowest BCUT2D eigenvalue weighted by Crippen LogP contribution is -2.24. The van der Waals surface area contributed by atoms with Gasteiger partial charge in [0.25, 0.3) is 0 Å². The van der Waals surface area contributed by atoms with Crippen LogP contribution in [0.15, 0.2) is 30.3 Å². The van der Waals surface area contributed by atoms with Crippen LogP contribution in [0.1, 0.15) is 51.0 Å². The monoisotopic (exact) mass is 396 g/mol. The molecule has 0 bridgehead atoms. The van der Waals surface area contributed by atoms with Crippen molar-refractivity contribution in [1.29, 1.82) is 0 Å². The number of fused-ring (bicyclic) bond motifs is 1. The van der Waals surface area contributed by atoms with Crippen LogP contribution in [0, 0.1) is 13.8 Å². The van der Waals surface area contributed by atoms with E-state index in [1.807, 2.05) is 24.3 Å². The molecule has 0 aliphatic rings. The highest BCUT2D eigenvalue weighted by Crippen LogP contribution is 2.23. The van der Waals surface area contributed by atoms with Crippen LogP contribution in [0.2, 0.25) is 0 Å². The summed E-state index contributed by atoms with van der Waals surface area (Å²) in [6.07, 6.45) is 1.85. The van der Waals surface area contributed by atoms with Crippen molar-refractivity contribution in [3.63, 3.8) is 0 Å². The van der Waals surface area contributed by atoms with Gasteiger partial charge in [-0.1, -0.05) is 12.1 Å². The van der Waals surface area contributed by atoms with Gasteiger partial charge in [0.2, 0.25) is 5.78 Å². The normalized spacial score (nSPS) is 12.4. The van der Waals surface area contributed by atoms with E-state index >= 15 is 0 Å². The number of aromatic amines is 1. The third-order valence-electron chi connectivity index (χ3n) is 4.37. The van der Waals surface area contributed by atoms with Crippen LogP contribution < -0.4 is 0 Å². The summed E-state index contributed by atoms with van der Waals surface area (Å²) >= 11 is 1.46. The maximum atomic E-state index is 12.6. The van der Waals surface area contributed by atoms with E-state index in [0.29, 0.717) is 21.8 Å². The van der Waals surface area contributed by atoms with Gasteiger partial charge in [0.1, 0.15) is 5.01 Å². The SMILES string of the molecule is CC(=O)c1c(C)[nH]c(C(=O)[C@H](C)OC(=O)/C=C/c2nc3ccccc3s2)c1C. The number of aryl methyl sites for hydroxylation is 1. The smallest absolute Gasteiger partial charge is 0.331 e. The molecule has 1 atom stereocenters. The molecule has 0 aliphatic carbocycles. The number of ether oxygens (including phenoxy) is 1. The van der Waals surface area contributed by atoms with E-state index in [-0.39, 0.29) is 17.3 Å². The number of carbonyl (C=O) groups is 3. The first-order valence-electron chi connectivity index (χ1n) is 8.76. The lowest BCUT2D eigenvalue weighted by Gasteiger charge is -2.10. The maximum Gasteiger partial charge on any atom is 0.331 e. The molecule has 3 aromatic rings. The molecule has 144 valence electrons. The Morgan fingerprint density at radius 3 is 2.57 bits per heavy atom. The van der Waals surface area contributed by atoms with E-state index in [9.17, 15) is 14.4 Å². The zero-order valence-electron chi connectivity index (χ0n) is 16.0. The number of hydrogen-bond donors (Lipinski definition) is 1. The number of para-hydroxylation sites is 1. The number of H-pyrrole nitrogens is 1. The Balaban J connectivity index is 1.69. The van der Waals surface area contributed by atoms with E-state index in [1.54, 1.807) is 19.9 Å². The first-order chi connectivity index (χ1) is 13.3. The number of benzene rings is 1. The van der Waals surface area contributed by atoms with Gasteiger partial charge in [0.15, 0.2) is 11.9 Å². The van der Waals surface area contributed by atoms with Crippen molar-refractivity contribution in [3.05, 3.63) is 57.9 Å². The van der Waals surface area contributed by atoms with Crippen LogP contribution in [-0.4, -0.2) is 33.6 Å². The fourth-order valence-electron chi connectivity index (χ4n) is 3.10. The van der Waals surface area contributed by atoms with Gasteiger partial charge in [-0.2, -0.15) is 0 Å². The molecule has 1 N–H and O–H groups in total. The molecule has 28 heavy (non-hydrogen) atoms. The second-order valence-electron chi connectivity index (χ2n) is 6.48. The topological polar surface area (TPSA) is 89.1 Å². The van der Waals surface area contributed by atoms with Crippen LogP contribution in [0.5, 0.6) is 0 Å².